The van der Waals surface area contributed by atoms with Gasteiger partial charge in [-0.15, -0.1) is 10.2 Å². The zero-order chi connectivity index (χ0) is 25.5. The maximum absolute atomic E-state index is 13.7. The number of amides is 1. The van der Waals surface area contributed by atoms with Crippen LogP contribution in [0.15, 0.2) is 107 Å². The monoisotopic (exact) mass is 510 g/mol. The number of fused-ring (bicyclic) bond motifs is 1. The molecular weight excluding hydrogens is 487 g/mol. The zero-order valence-corrected chi connectivity index (χ0v) is 20.5. The number of aromatic nitrogens is 3. The number of nitrogens with one attached hydrogen (secondary N) is 2. The normalized spacial score (nSPS) is 11.2. The molecule has 0 unspecified atom stereocenters. The summed E-state index contributed by atoms with van der Waals surface area (Å²) in [6, 6.07) is 30.3. The fourth-order valence-corrected chi connectivity index (χ4v) is 4.58. The average molecular weight is 511 g/mol. The number of para-hydroxylation sites is 1. The van der Waals surface area contributed by atoms with E-state index in [9.17, 15) is 9.18 Å². The van der Waals surface area contributed by atoms with Crippen LogP contribution in [0.25, 0.3) is 16.5 Å². The Balaban J connectivity index is 1.30. The van der Waals surface area contributed by atoms with E-state index < -0.39 is 5.82 Å². The Bertz CT molecular complexity index is 1550. The molecule has 0 aliphatic carbocycles. The Morgan fingerprint density at radius 2 is 1.68 bits per heavy atom. The van der Waals surface area contributed by atoms with Crippen molar-refractivity contribution in [2.45, 2.75) is 11.7 Å². The molecule has 7 nitrogen and oxygen atoms in total. The van der Waals surface area contributed by atoms with Crippen molar-refractivity contribution in [2.75, 3.05) is 11.1 Å². The van der Waals surface area contributed by atoms with E-state index in [4.69, 9.17) is 0 Å². The van der Waals surface area contributed by atoms with Gasteiger partial charge in [0.25, 0.3) is 5.91 Å². The second-order valence-corrected chi connectivity index (χ2v) is 9.00. The van der Waals surface area contributed by atoms with Crippen molar-refractivity contribution in [3.05, 3.63) is 114 Å². The number of benzene rings is 4. The van der Waals surface area contributed by atoms with E-state index in [0.717, 1.165) is 22.1 Å². The summed E-state index contributed by atoms with van der Waals surface area (Å²) in [4.78, 5) is 12.4. The number of hydrazone groups is 1. The molecule has 2 N–H and O–H groups in total. The summed E-state index contributed by atoms with van der Waals surface area (Å²) in [7, 11) is 0. The third-order valence-electron chi connectivity index (χ3n) is 5.57. The van der Waals surface area contributed by atoms with Crippen molar-refractivity contribution in [1.82, 2.24) is 20.2 Å². The lowest BCUT2D eigenvalue weighted by Crippen LogP contribution is -2.20. The van der Waals surface area contributed by atoms with Gasteiger partial charge in [0, 0.05) is 22.3 Å². The van der Waals surface area contributed by atoms with Crippen LogP contribution < -0.4 is 10.7 Å². The molecule has 0 radical (unpaired) electrons. The Kier molecular flexibility index (Phi) is 7.52. The minimum atomic E-state index is -0.407. The summed E-state index contributed by atoms with van der Waals surface area (Å²) < 4.78 is 15.6. The van der Waals surface area contributed by atoms with Crippen molar-refractivity contribution < 1.29 is 9.18 Å². The summed E-state index contributed by atoms with van der Waals surface area (Å²) in [5.74, 6) is 0.0294. The first kappa shape index (κ1) is 24.2. The van der Waals surface area contributed by atoms with E-state index in [2.05, 4.69) is 44.2 Å². The van der Waals surface area contributed by atoms with Crippen LogP contribution in [0.4, 0.5) is 10.1 Å². The van der Waals surface area contributed by atoms with Crippen molar-refractivity contribution in [3.63, 3.8) is 0 Å². The molecule has 9 heteroatoms. The van der Waals surface area contributed by atoms with Crippen LogP contribution in [0, 0.1) is 5.82 Å². The largest absolute Gasteiger partial charge is 0.377 e. The standard InChI is InChI=1S/C28H23FN6OS/c29-24-15-7-5-10-21(24)17-31-33-27(36)19-37-28-34-32-26(35(28)22-12-2-1-3-13-22)18-30-25-16-8-11-20-9-4-6-14-23(20)25/h1-17,30H,18-19H2,(H,33,36)/b31-17-. The van der Waals surface area contributed by atoms with Crippen molar-refractivity contribution in [3.8, 4) is 5.69 Å². The van der Waals surface area contributed by atoms with Gasteiger partial charge in [0.2, 0.25) is 0 Å². The SMILES string of the molecule is O=C(CSc1nnc(CNc2cccc3ccccc23)n1-c1ccccc1)N/N=C\c1ccccc1F. The molecule has 5 aromatic rings. The Hall–Kier alpha value is -4.50. The molecule has 0 aliphatic rings. The molecule has 0 spiro atoms. The molecule has 0 saturated heterocycles. The van der Waals surface area contributed by atoms with Gasteiger partial charge in [0.15, 0.2) is 11.0 Å². The number of rotatable bonds is 9. The van der Waals surface area contributed by atoms with Gasteiger partial charge in [-0.1, -0.05) is 84.6 Å². The molecule has 184 valence electrons. The summed E-state index contributed by atoms with van der Waals surface area (Å²) in [5, 5.41) is 18.9. The molecule has 0 bridgehead atoms. The average Bonchev–Trinajstić information content (AvgIpc) is 3.35. The summed E-state index contributed by atoms with van der Waals surface area (Å²) in [6.07, 6.45) is 1.28. The molecular formula is C28H23FN6OS. The first-order chi connectivity index (χ1) is 18.2. The predicted octanol–water partition coefficient (Wildman–Crippen LogP) is 5.41. The van der Waals surface area contributed by atoms with Gasteiger partial charge in [-0.25, -0.2) is 9.82 Å². The van der Waals surface area contributed by atoms with Gasteiger partial charge in [-0.3, -0.25) is 9.36 Å². The quantitative estimate of drug-likeness (QED) is 0.157. The van der Waals surface area contributed by atoms with E-state index in [1.165, 1.54) is 24.0 Å². The summed E-state index contributed by atoms with van der Waals surface area (Å²) in [5.41, 5.74) is 4.62. The smallest absolute Gasteiger partial charge is 0.250 e. The van der Waals surface area contributed by atoms with Gasteiger partial charge in [-0.05, 0) is 29.7 Å². The first-order valence-corrected chi connectivity index (χ1v) is 12.6. The van der Waals surface area contributed by atoms with Crippen LogP contribution in [0.1, 0.15) is 11.4 Å². The van der Waals surface area contributed by atoms with Crippen LogP contribution in [-0.4, -0.2) is 32.6 Å². The Labute approximate surface area is 217 Å². The lowest BCUT2D eigenvalue weighted by Gasteiger charge is -2.12. The lowest BCUT2D eigenvalue weighted by molar-refractivity contribution is -0.118. The van der Waals surface area contributed by atoms with E-state index in [1.54, 1.807) is 18.2 Å². The highest BCUT2D eigenvalue weighted by Gasteiger charge is 2.16. The molecule has 0 fully saturated rings. The molecule has 0 atom stereocenters. The van der Waals surface area contributed by atoms with Crippen molar-refractivity contribution >= 4 is 40.3 Å². The number of hydrogen-bond acceptors (Lipinski definition) is 6. The van der Waals surface area contributed by atoms with Gasteiger partial charge in [-0.2, -0.15) is 5.10 Å². The Morgan fingerprint density at radius 1 is 0.919 bits per heavy atom. The minimum Gasteiger partial charge on any atom is -0.377 e. The highest BCUT2D eigenvalue weighted by atomic mass is 32.2. The number of carbonyl (C=O) groups is 1. The van der Waals surface area contributed by atoms with Crippen LogP contribution >= 0.6 is 11.8 Å². The topological polar surface area (TPSA) is 84.2 Å². The summed E-state index contributed by atoms with van der Waals surface area (Å²) >= 11 is 1.25. The van der Waals surface area contributed by atoms with Gasteiger partial charge < -0.3 is 5.32 Å². The third-order valence-corrected chi connectivity index (χ3v) is 6.50. The number of hydrogen-bond donors (Lipinski definition) is 2. The molecule has 0 saturated carbocycles. The fourth-order valence-electron chi connectivity index (χ4n) is 3.81. The van der Waals surface area contributed by atoms with Crippen molar-refractivity contribution in [1.29, 1.82) is 0 Å². The second kappa shape index (κ2) is 11.5. The number of carbonyl (C=O) groups excluding carboxylic acids is 1. The maximum atomic E-state index is 13.7. The molecule has 4 aromatic carbocycles. The molecule has 1 amide bonds. The molecule has 0 aliphatic heterocycles. The Morgan fingerprint density at radius 3 is 2.54 bits per heavy atom. The van der Waals surface area contributed by atoms with Crippen LogP contribution in [-0.2, 0) is 11.3 Å². The van der Waals surface area contributed by atoms with Gasteiger partial charge in [0.1, 0.15) is 5.82 Å². The predicted molar refractivity (Wildman–Crippen MR) is 145 cm³/mol. The molecule has 5 rings (SSSR count). The number of anilines is 1. The maximum Gasteiger partial charge on any atom is 0.250 e. The zero-order valence-electron chi connectivity index (χ0n) is 19.7. The first-order valence-electron chi connectivity index (χ1n) is 11.6. The van der Waals surface area contributed by atoms with E-state index in [1.807, 2.05) is 59.2 Å². The van der Waals surface area contributed by atoms with E-state index >= 15 is 0 Å². The lowest BCUT2D eigenvalue weighted by atomic mass is 10.1. The van der Waals surface area contributed by atoms with Gasteiger partial charge in [0.05, 0.1) is 18.5 Å². The second-order valence-electron chi connectivity index (χ2n) is 8.05. The van der Waals surface area contributed by atoms with Crippen LogP contribution in [0.3, 0.4) is 0 Å². The van der Waals surface area contributed by atoms with E-state index in [-0.39, 0.29) is 11.7 Å². The van der Waals surface area contributed by atoms with Gasteiger partial charge >= 0.3 is 0 Å². The highest BCUT2D eigenvalue weighted by molar-refractivity contribution is 7.99. The fraction of sp³-hybridized carbons (Fsp3) is 0.0714. The number of halogens is 1. The van der Waals surface area contributed by atoms with E-state index in [0.29, 0.717) is 23.1 Å². The number of nitrogens with zero attached hydrogens (tertiary/aromatic N) is 4. The molecule has 37 heavy (non-hydrogen) atoms. The van der Waals surface area contributed by atoms with Crippen LogP contribution in [0.2, 0.25) is 0 Å². The molecule has 1 aromatic heterocycles. The third kappa shape index (κ3) is 5.84. The van der Waals surface area contributed by atoms with Crippen LogP contribution in [0.5, 0.6) is 0 Å². The molecule has 1 heterocycles. The van der Waals surface area contributed by atoms with Crippen molar-refractivity contribution in [2.24, 2.45) is 5.10 Å². The number of thioether (sulfide) groups is 1. The minimum absolute atomic E-state index is 0.0658. The summed E-state index contributed by atoms with van der Waals surface area (Å²) in [6.45, 7) is 0.440. The highest BCUT2D eigenvalue weighted by Crippen LogP contribution is 2.25.